The molecule has 24 heteroatoms. The van der Waals surface area contributed by atoms with Gasteiger partial charge in [-0.15, -0.1) is 0 Å². The molecule has 0 heterocycles. The van der Waals surface area contributed by atoms with Crippen molar-refractivity contribution in [2.24, 2.45) is 0 Å². The highest BCUT2D eigenvalue weighted by Crippen LogP contribution is 1.93. The molecule has 0 aliphatic carbocycles. The van der Waals surface area contributed by atoms with Crippen LogP contribution in [0.5, 0.6) is 0 Å². The Morgan fingerprint density at radius 1 is 0.208 bits per heavy atom. The van der Waals surface area contributed by atoms with Crippen LogP contribution in [0.15, 0.2) is 0 Å². The molecule has 0 atom stereocenters. The van der Waals surface area contributed by atoms with Crippen LogP contribution < -0.4 is 0 Å². The van der Waals surface area contributed by atoms with E-state index in [-0.39, 0.29) is 0 Å². The van der Waals surface area contributed by atoms with Crippen LogP contribution in [-0.4, -0.2) is 10.5 Å². The zero-order chi connectivity index (χ0) is 17.6. The summed E-state index contributed by atoms with van der Waals surface area (Å²) in [6.45, 7) is 0. The Labute approximate surface area is 123 Å². The first-order chi connectivity index (χ1) is 11.9. The van der Waals surface area contributed by atoms with E-state index in [1.165, 1.54) is 0 Å². The normalized spacial score (nSPS) is 11.2. The standard InChI is InChI=1S/H2O24/c1-3-5-7-9-11-13-15-17-19-21-23-24-22-20-18-16-14-12-10-8-6-4-2/h1-2H. The molecule has 2 N–H and O–H groups in total. The van der Waals surface area contributed by atoms with Crippen molar-refractivity contribution < 1.29 is 121 Å². The fourth-order valence-electron chi connectivity index (χ4n) is 0.229. The van der Waals surface area contributed by atoms with E-state index < -0.39 is 0 Å². The van der Waals surface area contributed by atoms with Crippen LogP contribution in [0.4, 0.5) is 0 Å². The van der Waals surface area contributed by atoms with Crippen molar-refractivity contribution in [1.29, 1.82) is 0 Å². The highest BCUT2D eigenvalue weighted by Gasteiger charge is 2.00. The zero-order valence-electron chi connectivity index (χ0n) is 9.88. The average Bonchev–Trinajstić information content (AvgIpc) is 2.60. The summed E-state index contributed by atoms with van der Waals surface area (Å²) < 4.78 is 0. The molecule has 24 nitrogen and oxygen atoms in total. The van der Waals surface area contributed by atoms with Crippen molar-refractivity contribution in [1.82, 2.24) is 0 Å². The maximum Gasteiger partial charge on any atom is 0 e. The van der Waals surface area contributed by atoms with Crippen LogP contribution in [0.25, 0.3) is 0 Å². The largest absolute Gasteiger partial charge is 0.219 e. The molecule has 146 valence electrons. The van der Waals surface area contributed by atoms with Gasteiger partial charge in [0.2, 0.25) is 0 Å². The van der Waals surface area contributed by atoms with Crippen LogP contribution in [0.1, 0.15) is 0 Å². The maximum atomic E-state index is 7.51. The van der Waals surface area contributed by atoms with Crippen LogP contribution >= 0.6 is 0 Å². The van der Waals surface area contributed by atoms with Crippen LogP contribution in [0.2, 0.25) is 0 Å². The topological polar surface area (TPSA) is 244 Å². The first-order valence-corrected chi connectivity index (χ1v) is 3.87. The monoisotopic (exact) mass is 386 g/mol. The van der Waals surface area contributed by atoms with Crippen molar-refractivity contribution in [2.45, 2.75) is 0 Å². The second kappa shape index (κ2) is 22.0. The van der Waals surface area contributed by atoms with E-state index in [1.54, 1.807) is 0 Å². The Morgan fingerprint density at radius 3 is 0.458 bits per heavy atom. The smallest absolute Gasteiger partial charge is 0 e. The van der Waals surface area contributed by atoms with E-state index in [1.807, 2.05) is 0 Å². The predicted octanol–water partition coefficient (Wildman–Crippen LogP) is -1.49. The van der Waals surface area contributed by atoms with Crippen LogP contribution in [0.3, 0.4) is 0 Å². The number of rotatable bonds is 21. The van der Waals surface area contributed by atoms with Gasteiger partial charge in [0.05, 0.1) is 0 Å². The summed E-state index contributed by atoms with van der Waals surface area (Å²) in [5.74, 6) is 0. The summed E-state index contributed by atoms with van der Waals surface area (Å²) in [7, 11) is 0. The quantitative estimate of drug-likeness (QED) is 0.129. The third-order valence-electron chi connectivity index (χ3n) is 0.589. The van der Waals surface area contributed by atoms with E-state index in [4.69, 9.17) is 10.5 Å². The Bertz CT molecular complexity index is 174. The minimum Gasteiger partial charge on any atom is -0.219 e. The fraction of sp³-hybridized carbons (Fsp3) is 0. The summed E-state index contributed by atoms with van der Waals surface area (Å²) >= 11 is 0. The van der Waals surface area contributed by atoms with E-state index >= 15 is 0 Å². The van der Waals surface area contributed by atoms with Crippen LogP contribution in [0, 0.1) is 0 Å². The lowest BCUT2D eigenvalue weighted by Gasteiger charge is -1.98. The third kappa shape index (κ3) is 21.0. The van der Waals surface area contributed by atoms with Gasteiger partial charge in [-0.2, -0.15) is 0 Å². The molecule has 0 aromatic carbocycles. The maximum absolute atomic E-state index is 7.51. The molecule has 24 heavy (non-hydrogen) atoms. The molecule has 0 aromatic rings. The molecule has 0 radical (unpaired) electrons. The van der Waals surface area contributed by atoms with E-state index in [9.17, 15) is 0 Å². The Hall–Kier alpha value is -0.960. The fourth-order valence-corrected chi connectivity index (χ4v) is 0.229. The lowest BCUT2D eigenvalue weighted by molar-refractivity contribution is -0.899. The van der Waals surface area contributed by atoms with Gasteiger partial charge in [0.25, 0.3) is 0 Å². The lowest BCUT2D eigenvalue weighted by atomic mass is 14.0. The summed E-state index contributed by atoms with van der Waals surface area (Å²) in [5, 5.41) is 89.0. The third-order valence-corrected chi connectivity index (χ3v) is 0.589. The van der Waals surface area contributed by atoms with E-state index in [0.29, 0.717) is 0 Å². The average molecular weight is 386 g/mol. The zero-order valence-corrected chi connectivity index (χ0v) is 9.88. The summed E-state index contributed by atoms with van der Waals surface area (Å²) in [4.78, 5) is 0. The molecule has 0 rings (SSSR count). The Morgan fingerprint density at radius 2 is 0.333 bits per heavy atom. The predicted molar refractivity (Wildman–Crippen MR) is 29.1 cm³/mol. The highest BCUT2D eigenvalue weighted by atomic mass is 18.0. The molecule has 0 amide bonds. The molecule has 0 spiro atoms. The molecule has 0 bridgehead atoms. The van der Waals surface area contributed by atoms with Gasteiger partial charge in [-0.1, -0.05) is 0 Å². The van der Waals surface area contributed by atoms with E-state index in [0.717, 1.165) is 0 Å². The molecular formula is H2O24. The van der Waals surface area contributed by atoms with Gasteiger partial charge < -0.3 is 0 Å². The van der Waals surface area contributed by atoms with Gasteiger partial charge in [0, 0.05) is 30.2 Å². The highest BCUT2D eigenvalue weighted by molar-refractivity contribution is 3.09. The van der Waals surface area contributed by atoms with Crippen molar-refractivity contribution in [3.05, 3.63) is 0 Å². The van der Waals surface area contributed by atoms with Crippen molar-refractivity contribution in [3.63, 3.8) is 0 Å². The van der Waals surface area contributed by atoms with Crippen molar-refractivity contribution in [3.8, 4) is 0 Å². The Kier molecular flexibility index (Phi) is 21.2. The summed E-state index contributed by atoms with van der Waals surface area (Å²) in [6, 6.07) is 0. The molecule has 0 aromatic heterocycles. The SMILES string of the molecule is OOOOOOOOOOOOOOOOOOOOOOOO. The second-order valence-electron chi connectivity index (χ2n) is 1.51. The number of hydrogen-bond donors (Lipinski definition) is 2. The Balaban J connectivity index is 2.93. The second-order valence-corrected chi connectivity index (χ2v) is 1.51. The molecule has 0 aliphatic heterocycles. The molecule has 0 aliphatic rings. The van der Waals surface area contributed by atoms with Gasteiger partial charge in [-0.3, -0.25) is 0 Å². The van der Waals surface area contributed by atoms with Crippen molar-refractivity contribution in [2.75, 3.05) is 0 Å². The first-order valence-electron chi connectivity index (χ1n) is 3.87. The van der Waals surface area contributed by atoms with Crippen molar-refractivity contribution >= 4 is 0 Å². The van der Waals surface area contributed by atoms with Gasteiger partial charge in [0.15, 0.2) is 0 Å². The molecule has 0 saturated heterocycles. The number of hydrogen-bond acceptors (Lipinski definition) is 24. The minimum atomic E-state index is 2.87. The van der Waals surface area contributed by atoms with Gasteiger partial charge in [-0.05, 0) is 80.6 Å². The van der Waals surface area contributed by atoms with Crippen LogP contribution in [-0.2, 0) is 111 Å². The molecule has 0 fully saturated rings. The summed E-state index contributed by atoms with van der Waals surface area (Å²) in [5.41, 5.74) is 0. The molecule has 0 unspecified atom stereocenters. The lowest BCUT2D eigenvalue weighted by Crippen LogP contribution is -2.05. The van der Waals surface area contributed by atoms with E-state index in [2.05, 4.69) is 111 Å². The molecule has 0 saturated carbocycles. The first kappa shape index (κ1) is 23.0. The summed E-state index contributed by atoms with van der Waals surface area (Å²) in [6.07, 6.45) is 0. The van der Waals surface area contributed by atoms with Gasteiger partial charge >= 0.3 is 0 Å². The van der Waals surface area contributed by atoms with Gasteiger partial charge in [-0.25, -0.2) is 10.5 Å². The minimum absolute atomic E-state index is 2.87. The molecular weight excluding hydrogens is 384 g/mol. The van der Waals surface area contributed by atoms with Gasteiger partial charge in [0.1, 0.15) is 0 Å².